The molecule has 136 valence electrons. The fraction of sp³-hybridized carbons (Fsp3) is 0.0909. The standard InChI is InChI=1S/C22H19NO4/c1-14-7-9-16(10-8-14)21(24)20-18(23)11-17(22(25)26)12-19(20)27-13-15-5-3-2-4-6-15/h2-12H,13,23H2,1H3,(H,25,26). The Labute approximate surface area is 157 Å². The molecule has 0 aromatic heterocycles. The zero-order valence-electron chi connectivity index (χ0n) is 14.8. The summed E-state index contributed by atoms with van der Waals surface area (Å²) < 4.78 is 5.80. The van der Waals surface area contributed by atoms with Crippen LogP contribution in [0.15, 0.2) is 66.7 Å². The van der Waals surface area contributed by atoms with E-state index in [-0.39, 0.29) is 35.0 Å². The van der Waals surface area contributed by atoms with Crippen molar-refractivity contribution < 1.29 is 19.4 Å². The molecule has 0 unspecified atom stereocenters. The quantitative estimate of drug-likeness (QED) is 0.510. The van der Waals surface area contributed by atoms with Crippen LogP contribution in [0.3, 0.4) is 0 Å². The smallest absolute Gasteiger partial charge is 0.335 e. The highest BCUT2D eigenvalue weighted by molar-refractivity contribution is 6.14. The molecule has 3 aromatic carbocycles. The number of carbonyl (C=O) groups excluding carboxylic acids is 1. The normalized spacial score (nSPS) is 10.4. The summed E-state index contributed by atoms with van der Waals surface area (Å²) in [5, 5.41) is 9.30. The van der Waals surface area contributed by atoms with E-state index in [1.807, 2.05) is 49.4 Å². The lowest BCUT2D eigenvalue weighted by atomic mass is 9.98. The second kappa shape index (κ2) is 7.74. The Morgan fingerprint density at radius 1 is 0.963 bits per heavy atom. The fourth-order valence-corrected chi connectivity index (χ4v) is 2.70. The van der Waals surface area contributed by atoms with Gasteiger partial charge in [0.15, 0.2) is 5.78 Å². The highest BCUT2D eigenvalue weighted by Gasteiger charge is 2.21. The number of ether oxygens (including phenoxy) is 1. The topological polar surface area (TPSA) is 89.6 Å². The Kier molecular flexibility index (Phi) is 5.22. The minimum Gasteiger partial charge on any atom is -0.488 e. The van der Waals surface area contributed by atoms with E-state index in [1.165, 1.54) is 12.1 Å². The van der Waals surface area contributed by atoms with Crippen LogP contribution in [0, 0.1) is 6.92 Å². The summed E-state index contributed by atoms with van der Waals surface area (Å²) in [5.41, 5.74) is 8.62. The SMILES string of the molecule is Cc1ccc(C(=O)c2c(N)cc(C(=O)O)cc2OCc2ccccc2)cc1. The van der Waals surface area contributed by atoms with Crippen molar-refractivity contribution in [3.63, 3.8) is 0 Å². The van der Waals surface area contributed by atoms with Crippen LogP contribution in [0.1, 0.15) is 37.4 Å². The minimum atomic E-state index is -1.14. The molecular weight excluding hydrogens is 342 g/mol. The van der Waals surface area contributed by atoms with Crippen LogP contribution in [-0.4, -0.2) is 16.9 Å². The van der Waals surface area contributed by atoms with Crippen LogP contribution in [0.2, 0.25) is 0 Å². The Morgan fingerprint density at radius 2 is 1.63 bits per heavy atom. The van der Waals surface area contributed by atoms with Gasteiger partial charge < -0.3 is 15.6 Å². The number of nitrogens with two attached hydrogens (primary N) is 1. The van der Waals surface area contributed by atoms with Crippen LogP contribution in [-0.2, 0) is 6.61 Å². The summed E-state index contributed by atoms with van der Waals surface area (Å²) in [6, 6.07) is 19.1. The first-order valence-corrected chi connectivity index (χ1v) is 8.40. The predicted molar refractivity (Wildman–Crippen MR) is 103 cm³/mol. The van der Waals surface area contributed by atoms with Crippen LogP contribution in [0.25, 0.3) is 0 Å². The van der Waals surface area contributed by atoms with E-state index in [0.717, 1.165) is 11.1 Å². The van der Waals surface area contributed by atoms with Crippen molar-refractivity contribution >= 4 is 17.4 Å². The average molecular weight is 361 g/mol. The lowest BCUT2D eigenvalue weighted by Crippen LogP contribution is -2.11. The number of anilines is 1. The monoisotopic (exact) mass is 361 g/mol. The van der Waals surface area contributed by atoms with E-state index >= 15 is 0 Å². The lowest BCUT2D eigenvalue weighted by Gasteiger charge is -2.14. The Bertz CT molecular complexity index is 979. The van der Waals surface area contributed by atoms with Crippen molar-refractivity contribution in [3.8, 4) is 5.75 Å². The molecule has 5 heteroatoms. The number of carboxylic acids is 1. The largest absolute Gasteiger partial charge is 0.488 e. The van der Waals surface area contributed by atoms with Gasteiger partial charge in [0.1, 0.15) is 12.4 Å². The number of rotatable bonds is 6. The van der Waals surface area contributed by atoms with Gasteiger partial charge in [0.05, 0.1) is 11.1 Å². The number of benzene rings is 3. The van der Waals surface area contributed by atoms with Crippen molar-refractivity contribution in [2.24, 2.45) is 0 Å². The summed E-state index contributed by atoms with van der Waals surface area (Å²) in [6.07, 6.45) is 0. The highest BCUT2D eigenvalue weighted by Crippen LogP contribution is 2.30. The van der Waals surface area contributed by atoms with Gasteiger partial charge in [0, 0.05) is 11.3 Å². The number of nitrogen functional groups attached to an aromatic ring is 1. The van der Waals surface area contributed by atoms with Gasteiger partial charge in [-0.3, -0.25) is 4.79 Å². The highest BCUT2D eigenvalue weighted by atomic mass is 16.5. The molecule has 0 atom stereocenters. The number of hydrogen-bond donors (Lipinski definition) is 2. The first-order chi connectivity index (χ1) is 13.0. The van der Waals surface area contributed by atoms with Gasteiger partial charge in [-0.1, -0.05) is 60.2 Å². The van der Waals surface area contributed by atoms with Crippen LogP contribution < -0.4 is 10.5 Å². The van der Waals surface area contributed by atoms with E-state index in [9.17, 15) is 14.7 Å². The number of aromatic carboxylic acids is 1. The van der Waals surface area contributed by atoms with Crippen molar-refractivity contribution in [1.82, 2.24) is 0 Å². The summed E-state index contributed by atoms with van der Waals surface area (Å²) in [5.74, 6) is -1.30. The molecule has 0 radical (unpaired) electrons. The molecule has 3 N–H and O–H groups in total. The zero-order chi connectivity index (χ0) is 19.4. The molecule has 0 amide bonds. The van der Waals surface area contributed by atoms with Gasteiger partial charge >= 0.3 is 5.97 Å². The number of carboxylic acid groups (broad SMARTS) is 1. The van der Waals surface area contributed by atoms with Gasteiger partial charge in [0.2, 0.25) is 0 Å². The molecule has 0 aliphatic carbocycles. The van der Waals surface area contributed by atoms with Crippen LogP contribution >= 0.6 is 0 Å². The molecule has 0 aliphatic rings. The van der Waals surface area contributed by atoms with E-state index in [2.05, 4.69) is 0 Å². The predicted octanol–water partition coefficient (Wildman–Crippen LogP) is 4.09. The summed E-state index contributed by atoms with van der Waals surface area (Å²) in [7, 11) is 0. The number of hydrogen-bond acceptors (Lipinski definition) is 4. The van der Waals surface area contributed by atoms with Crippen molar-refractivity contribution in [2.75, 3.05) is 5.73 Å². The summed E-state index contributed by atoms with van der Waals surface area (Å²) in [6.45, 7) is 2.12. The molecule has 0 saturated heterocycles. The average Bonchev–Trinajstić information content (AvgIpc) is 2.67. The van der Waals surface area contributed by atoms with E-state index < -0.39 is 5.97 Å². The third-order valence-electron chi connectivity index (χ3n) is 4.16. The summed E-state index contributed by atoms with van der Waals surface area (Å²) in [4.78, 5) is 24.4. The molecule has 0 aliphatic heterocycles. The number of ketones is 1. The Hall–Kier alpha value is -3.60. The molecule has 5 nitrogen and oxygen atoms in total. The molecule has 0 fully saturated rings. The van der Waals surface area contributed by atoms with Crippen LogP contribution in [0.5, 0.6) is 5.75 Å². The Balaban J connectivity index is 2.01. The van der Waals surface area contributed by atoms with E-state index in [0.29, 0.717) is 5.56 Å². The first-order valence-electron chi connectivity index (χ1n) is 8.40. The third-order valence-corrected chi connectivity index (χ3v) is 4.16. The van der Waals surface area contributed by atoms with E-state index in [4.69, 9.17) is 10.5 Å². The van der Waals surface area contributed by atoms with Gasteiger partial charge in [-0.2, -0.15) is 0 Å². The minimum absolute atomic E-state index is 0.0315. The zero-order valence-corrected chi connectivity index (χ0v) is 14.8. The maximum absolute atomic E-state index is 13.0. The Morgan fingerprint density at radius 3 is 2.26 bits per heavy atom. The molecule has 0 spiro atoms. The van der Waals surface area contributed by atoms with Crippen molar-refractivity contribution in [1.29, 1.82) is 0 Å². The molecule has 0 saturated carbocycles. The molecule has 3 rings (SSSR count). The fourth-order valence-electron chi connectivity index (χ4n) is 2.70. The van der Waals surface area contributed by atoms with Gasteiger partial charge in [-0.25, -0.2) is 4.79 Å². The molecule has 0 heterocycles. The molecule has 27 heavy (non-hydrogen) atoms. The van der Waals surface area contributed by atoms with Gasteiger partial charge in [-0.15, -0.1) is 0 Å². The second-order valence-corrected chi connectivity index (χ2v) is 6.21. The number of carbonyl (C=O) groups is 2. The van der Waals surface area contributed by atoms with E-state index in [1.54, 1.807) is 12.1 Å². The second-order valence-electron chi connectivity index (χ2n) is 6.21. The molecule has 3 aromatic rings. The number of aryl methyl sites for hydroxylation is 1. The molecular formula is C22H19NO4. The first kappa shape index (κ1) is 18.2. The molecule has 0 bridgehead atoms. The van der Waals surface area contributed by atoms with Crippen LogP contribution in [0.4, 0.5) is 5.69 Å². The van der Waals surface area contributed by atoms with Crippen molar-refractivity contribution in [2.45, 2.75) is 13.5 Å². The summed E-state index contributed by atoms with van der Waals surface area (Å²) >= 11 is 0. The van der Waals surface area contributed by atoms with Gasteiger partial charge in [0.25, 0.3) is 0 Å². The maximum atomic E-state index is 13.0. The van der Waals surface area contributed by atoms with Crippen molar-refractivity contribution in [3.05, 3.63) is 94.5 Å². The van der Waals surface area contributed by atoms with Gasteiger partial charge in [-0.05, 0) is 24.6 Å². The maximum Gasteiger partial charge on any atom is 0.335 e. The lowest BCUT2D eigenvalue weighted by molar-refractivity contribution is 0.0695. The third kappa shape index (κ3) is 4.15.